The van der Waals surface area contributed by atoms with Crippen molar-refractivity contribution in [3.8, 4) is 0 Å². The predicted molar refractivity (Wildman–Crippen MR) is 91.3 cm³/mol. The van der Waals surface area contributed by atoms with Gasteiger partial charge in [-0.3, -0.25) is 14.3 Å². The summed E-state index contributed by atoms with van der Waals surface area (Å²) in [5, 5.41) is 0.597. The summed E-state index contributed by atoms with van der Waals surface area (Å²) in [5.74, 6) is 1.02. The molecule has 23 heavy (non-hydrogen) atoms. The van der Waals surface area contributed by atoms with E-state index in [2.05, 4.69) is 16.9 Å². The van der Waals surface area contributed by atoms with Gasteiger partial charge >= 0.3 is 0 Å². The first-order chi connectivity index (χ1) is 11.2. The van der Waals surface area contributed by atoms with Gasteiger partial charge in [-0.2, -0.15) is 0 Å². The Labute approximate surface area is 134 Å². The lowest BCUT2D eigenvalue weighted by Crippen LogP contribution is -2.28. The Morgan fingerprint density at radius 3 is 2.74 bits per heavy atom. The first-order valence-corrected chi connectivity index (χ1v) is 7.76. The normalized spacial score (nSPS) is 12.4. The highest BCUT2D eigenvalue weighted by Crippen LogP contribution is 2.12. The fourth-order valence-electron chi connectivity index (χ4n) is 2.60. The maximum atomic E-state index is 12.9. The lowest BCUT2D eigenvalue weighted by atomic mass is 10.1. The van der Waals surface area contributed by atoms with Gasteiger partial charge in [0.2, 0.25) is 0 Å². The summed E-state index contributed by atoms with van der Waals surface area (Å²) >= 11 is 0. The monoisotopic (exact) mass is 308 g/mol. The summed E-state index contributed by atoms with van der Waals surface area (Å²) in [5.41, 5.74) is 7.43. The number of nitrogens with two attached hydrogens (primary N) is 1. The van der Waals surface area contributed by atoms with Crippen molar-refractivity contribution in [3.05, 3.63) is 70.5 Å². The average Bonchev–Trinajstić information content (AvgIpc) is 2.59. The Morgan fingerprint density at radius 2 is 2.00 bits per heavy atom. The van der Waals surface area contributed by atoms with Gasteiger partial charge in [0, 0.05) is 12.6 Å². The molecule has 1 atom stereocenters. The Bertz CT molecular complexity index is 858. The van der Waals surface area contributed by atoms with Crippen molar-refractivity contribution in [1.29, 1.82) is 0 Å². The SMILES string of the molecule is CC(CN)Cc1nc2cnccc2c(=O)n1Cc1ccccc1. The van der Waals surface area contributed by atoms with E-state index in [0.29, 0.717) is 30.4 Å². The van der Waals surface area contributed by atoms with Crippen LogP contribution in [0.15, 0.2) is 53.6 Å². The van der Waals surface area contributed by atoms with E-state index in [-0.39, 0.29) is 11.5 Å². The van der Waals surface area contributed by atoms with Crippen LogP contribution >= 0.6 is 0 Å². The van der Waals surface area contributed by atoms with Gasteiger partial charge < -0.3 is 5.73 Å². The predicted octanol–water partition coefficient (Wildman–Crippen LogP) is 1.98. The van der Waals surface area contributed by atoms with Gasteiger partial charge in [-0.15, -0.1) is 0 Å². The van der Waals surface area contributed by atoms with Crippen LogP contribution in [0.4, 0.5) is 0 Å². The number of pyridine rings is 1. The molecule has 0 saturated carbocycles. The van der Waals surface area contributed by atoms with Gasteiger partial charge in [-0.05, 0) is 24.1 Å². The highest BCUT2D eigenvalue weighted by Gasteiger charge is 2.13. The second-order valence-electron chi connectivity index (χ2n) is 5.84. The highest BCUT2D eigenvalue weighted by molar-refractivity contribution is 5.76. The van der Waals surface area contributed by atoms with Crippen LogP contribution < -0.4 is 11.3 Å². The van der Waals surface area contributed by atoms with Crippen LogP contribution in [0.3, 0.4) is 0 Å². The summed E-state index contributed by atoms with van der Waals surface area (Å²) in [6.07, 6.45) is 3.93. The van der Waals surface area contributed by atoms with E-state index in [1.807, 2.05) is 30.3 Å². The summed E-state index contributed by atoms with van der Waals surface area (Å²) in [4.78, 5) is 21.6. The molecule has 3 rings (SSSR count). The molecule has 0 bridgehead atoms. The fourth-order valence-corrected chi connectivity index (χ4v) is 2.60. The molecule has 1 unspecified atom stereocenters. The first kappa shape index (κ1) is 15.4. The number of fused-ring (bicyclic) bond motifs is 1. The van der Waals surface area contributed by atoms with Crippen molar-refractivity contribution >= 4 is 10.9 Å². The molecule has 0 saturated heterocycles. The van der Waals surface area contributed by atoms with Crippen LogP contribution in [0, 0.1) is 5.92 Å². The van der Waals surface area contributed by atoms with Gasteiger partial charge in [0.1, 0.15) is 5.82 Å². The van der Waals surface area contributed by atoms with Crippen LogP contribution in [0.2, 0.25) is 0 Å². The second kappa shape index (κ2) is 6.71. The number of aromatic nitrogens is 3. The summed E-state index contributed by atoms with van der Waals surface area (Å²) in [7, 11) is 0. The second-order valence-corrected chi connectivity index (χ2v) is 5.84. The van der Waals surface area contributed by atoms with E-state index in [0.717, 1.165) is 11.4 Å². The number of hydrogen-bond acceptors (Lipinski definition) is 4. The third kappa shape index (κ3) is 3.29. The largest absolute Gasteiger partial charge is 0.330 e. The average molecular weight is 308 g/mol. The molecule has 2 heterocycles. The molecule has 0 spiro atoms. The molecule has 0 radical (unpaired) electrons. The molecular formula is C18H20N4O. The van der Waals surface area contributed by atoms with Gasteiger partial charge in [-0.1, -0.05) is 37.3 Å². The quantitative estimate of drug-likeness (QED) is 0.782. The Hall–Kier alpha value is -2.53. The molecule has 0 aliphatic rings. The van der Waals surface area contributed by atoms with Crippen molar-refractivity contribution in [2.45, 2.75) is 19.9 Å². The molecule has 0 amide bonds. The zero-order valence-corrected chi connectivity index (χ0v) is 13.1. The number of rotatable bonds is 5. The molecule has 118 valence electrons. The smallest absolute Gasteiger partial charge is 0.261 e. The maximum absolute atomic E-state index is 12.9. The van der Waals surface area contributed by atoms with Gasteiger partial charge in [0.15, 0.2) is 0 Å². The Morgan fingerprint density at radius 1 is 1.22 bits per heavy atom. The van der Waals surface area contributed by atoms with Crippen LogP contribution in [-0.2, 0) is 13.0 Å². The summed E-state index contributed by atoms with van der Waals surface area (Å²) in [6, 6.07) is 11.7. The third-order valence-corrected chi connectivity index (χ3v) is 3.95. The molecule has 5 heteroatoms. The highest BCUT2D eigenvalue weighted by atomic mass is 16.1. The molecule has 0 fully saturated rings. The van der Waals surface area contributed by atoms with Crippen molar-refractivity contribution in [1.82, 2.24) is 14.5 Å². The van der Waals surface area contributed by atoms with Crippen molar-refractivity contribution < 1.29 is 0 Å². The van der Waals surface area contributed by atoms with E-state index in [1.54, 1.807) is 23.0 Å². The molecule has 2 N–H and O–H groups in total. The molecule has 2 aromatic heterocycles. The fraction of sp³-hybridized carbons (Fsp3) is 0.278. The lowest BCUT2D eigenvalue weighted by molar-refractivity contribution is 0.542. The van der Waals surface area contributed by atoms with Crippen molar-refractivity contribution in [3.63, 3.8) is 0 Å². The zero-order chi connectivity index (χ0) is 16.2. The lowest BCUT2D eigenvalue weighted by Gasteiger charge is -2.16. The van der Waals surface area contributed by atoms with E-state index < -0.39 is 0 Å². The maximum Gasteiger partial charge on any atom is 0.261 e. The van der Waals surface area contributed by atoms with Crippen LogP contribution in [-0.4, -0.2) is 21.1 Å². The van der Waals surface area contributed by atoms with E-state index in [9.17, 15) is 4.79 Å². The first-order valence-electron chi connectivity index (χ1n) is 7.76. The van der Waals surface area contributed by atoms with Crippen molar-refractivity contribution in [2.24, 2.45) is 11.7 Å². The number of nitrogens with zero attached hydrogens (tertiary/aromatic N) is 3. The van der Waals surface area contributed by atoms with E-state index in [4.69, 9.17) is 5.73 Å². The third-order valence-electron chi connectivity index (χ3n) is 3.95. The van der Waals surface area contributed by atoms with Crippen LogP contribution in [0.5, 0.6) is 0 Å². The molecule has 5 nitrogen and oxygen atoms in total. The van der Waals surface area contributed by atoms with Crippen molar-refractivity contribution in [2.75, 3.05) is 6.54 Å². The minimum absolute atomic E-state index is 0.0273. The van der Waals surface area contributed by atoms with Gasteiger partial charge in [-0.25, -0.2) is 4.98 Å². The van der Waals surface area contributed by atoms with E-state index >= 15 is 0 Å². The molecular weight excluding hydrogens is 288 g/mol. The molecule has 0 aliphatic carbocycles. The molecule has 0 aliphatic heterocycles. The molecule has 3 aromatic rings. The zero-order valence-electron chi connectivity index (χ0n) is 13.1. The van der Waals surface area contributed by atoms with Gasteiger partial charge in [0.25, 0.3) is 5.56 Å². The Kier molecular flexibility index (Phi) is 4.48. The number of benzene rings is 1. The van der Waals surface area contributed by atoms with Gasteiger partial charge in [0.05, 0.1) is 23.6 Å². The minimum atomic E-state index is -0.0273. The number of hydrogen-bond donors (Lipinski definition) is 1. The van der Waals surface area contributed by atoms with E-state index in [1.165, 1.54) is 0 Å². The molecule has 1 aromatic carbocycles. The summed E-state index contributed by atoms with van der Waals surface area (Å²) < 4.78 is 1.75. The topological polar surface area (TPSA) is 73.8 Å². The van der Waals surface area contributed by atoms with Crippen LogP contribution in [0.25, 0.3) is 10.9 Å². The Balaban J connectivity index is 2.13. The van der Waals surface area contributed by atoms with Crippen LogP contribution in [0.1, 0.15) is 18.3 Å². The standard InChI is InChI=1S/C18H20N4O/c1-13(10-19)9-17-21-16-11-20-8-7-15(16)18(23)22(17)12-14-5-3-2-4-6-14/h2-8,11,13H,9-10,12,19H2,1H3. The summed E-state index contributed by atoms with van der Waals surface area (Å²) in [6.45, 7) is 3.14. The minimum Gasteiger partial charge on any atom is -0.330 e.